The summed E-state index contributed by atoms with van der Waals surface area (Å²) in [4.78, 5) is 12.7. The third-order valence-electron chi connectivity index (χ3n) is 4.26. The van der Waals surface area contributed by atoms with Gasteiger partial charge in [-0.2, -0.15) is 5.10 Å². The first-order valence-corrected chi connectivity index (χ1v) is 9.67. The zero-order valence-corrected chi connectivity index (χ0v) is 16.8. The van der Waals surface area contributed by atoms with Crippen molar-refractivity contribution in [1.29, 1.82) is 0 Å². The van der Waals surface area contributed by atoms with Crippen LogP contribution in [0.15, 0.2) is 54.6 Å². The number of anilines is 1. The Morgan fingerprint density at radius 3 is 2.57 bits per heavy atom. The maximum atomic E-state index is 12.7. The summed E-state index contributed by atoms with van der Waals surface area (Å²) in [7, 11) is 0. The summed E-state index contributed by atoms with van der Waals surface area (Å²) in [5, 5.41) is 7.67. The number of hydrogen-bond donors (Lipinski definition) is 1. The van der Waals surface area contributed by atoms with Gasteiger partial charge in [0.05, 0.1) is 11.3 Å². The molecule has 0 aliphatic rings. The van der Waals surface area contributed by atoms with Gasteiger partial charge in [0.2, 0.25) is 0 Å². The van der Waals surface area contributed by atoms with Crippen LogP contribution in [-0.2, 0) is 6.54 Å². The first-order valence-electron chi connectivity index (χ1n) is 9.30. The molecule has 0 radical (unpaired) electrons. The van der Waals surface area contributed by atoms with Crippen molar-refractivity contribution >= 4 is 23.2 Å². The van der Waals surface area contributed by atoms with Gasteiger partial charge in [-0.25, -0.2) is 0 Å². The van der Waals surface area contributed by atoms with Crippen LogP contribution < -0.4 is 5.32 Å². The fourth-order valence-corrected chi connectivity index (χ4v) is 3.15. The molecule has 0 saturated carbocycles. The van der Waals surface area contributed by atoms with Gasteiger partial charge in [-0.05, 0) is 43.7 Å². The predicted octanol–water partition coefficient (Wildman–Crippen LogP) is 5.30. The normalized spacial score (nSPS) is 10.2. The Kier molecular flexibility index (Phi) is 6.52. The smallest absolute Gasteiger partial charge is 0.260 e. The van der Waals surface area contributed by atoms with Crippen LogP contribution in [0.1, 0.15) is 46.9 Å². The average Bonchev–Trinajstić information content (AvgIpc) is 2.99. The van der Waals surface area contributed by atoms with Crippen molar-refractivity contribution in [3.05, 3.63) is 82.1 Å². The zero-order valence-electron chi connectivity index (χ0n) is 16.0. The van der Waals surface area contributed by atoms with E-state index >= 15 is 0 Å². The third-order valence-corrected chi connectivity index (χ3v) is 4.65. The molecular weight excluding hydrogens is 370 g/mol. The highest BCUT2D eigenvalue weighted by atomic mass is 35.5. The lowest BCUT2D eigenvalue weighted by molar-refractivity contribution is 0.102. The van der Waals surface area contributed by atoms with Crippen LogP contribution in [0.5, 0.6) is 0 Å². The number of nitrogens with zero attached hydrogens (tertiary/aromatic N) is 2. The molecule has 0 unspecified atom stereocenters. The minimum atomic E-state index is -0.265. The van der Waals surface area contributed by atoms with Crippen LogP contribution in [0.2, 0.25) is 5.15 Å². The minimum Gasteiger partial charge on any atom is -0.322 e. The lowest BCUT2D eigenvalue weighted by Gasteiger charge is -2.06. The second-order valence-corrected chi connectivity index (χ2v) is 6.84. The van der Waals surface area contributed by atoms with Crippen LogP contribution in [0.4, 0.5) is 5.69 Å². The fourth-order valence-electron chi connectivity index (χ4n) is 2.80. The van der Waals surface area contributed by atoms with Crippen LogP contribution >= 0.6 is 11.6 Å². The molecule has 0 saturated heterocycles. The number of amides is 1. The first-order chi connectivity index (χ1) is 13.6. The van der Waals surface area contributed by atoms with Gasteiger partial charge in [0, 0.05) is 23.4 Å². The number of carbonyl (C=O) groups is 1. The molecule has 1 heterocycles. The summed E-state index contributed by atoms with van der Waals surface area (Å²) in [6.45, 7) is 4.60. The van der Waals surface area contributed by atoms with Crippen molar-refractivity contribution < 1.29 is 4.79 Å². The lowest BCUT2D eigenvalue weighted by Crippen LogP contribution is -2.13. The molecule has 0 atom stereocenters. The third kappa shape index (κ3) is 4.82. The summed E-state index contributed by atoms with van der Waals surface area (Å²) in [6, 6.07) is 17.2. The summed E-state index contributed by atoms with van der Waals surface area (Å²) < 4.78 is 1.69. The van der Waals surface area contributed by atoms with E-state index in [1.165, 1.54) is 0 Å². The monoisotopic (exact) mass is 391 g/mol. The maximum Gasteiger partial charge on any atom is 0.260 e. The molecule has 2 aromatic carbocycles. The number of benzene rings is 2. The molecule has 1 amide bonds. The highest BCUT2D eigenvalue weighted by Gasteiger charge is 2.20. The number of aryl methyl sites for hydroxylation is 2. The Balaban J connectivity index is 1.77. The number of carbonyl (C=O) groups excluding carboxylic acids is 1. The van der Waals surface area contributed by atoms with Gasteiger partial charge in [0.25, 0.3) is 5.91 Å². The van der Waals surface area contributed by atoms with Crippen molar-refractivity contribution in [1.82, 2.24) is 9.78 Å². The molecule has 0 fully saturated rings. The highest BCUT2D eigenvalue weighted by molar-refractivity contribution is 6.33. The van der Waals surface area contributed by atoms with E-state index in [0.29, 0.717) is 28.6 Å². The number of unbranched alkanes of at least 4 members (excludes halogenated alkanes) is 1. The Morgan fingerprint density at radius 2 is 1.82 bits per heavy atom. The molecular formula is C23H22ClN3O. The van der Waals surface area contributed by atoms with Crippen molar-refractivity contribution in [3.63, 3.8) is 0 Å². The second-order valence-electron chi connectivity index (χ2n) is 6.48. The van der Waals surface area contributed by atoms with Gasteiger partial charge in [0.1, 0.15) is 5.15 Å². The molecule has 3 rings (SSSR count). The first kappa shape index (κ1) is 19.7. The Hall–Kier alpha value is -3.03. The van der Waals surface area contributed by atoms with Gasteiger partial charge in [-0.1, -0.05) is 61.1 Å². The van der Waals surface area contributed by atoms with Crippen molar-refractivity contribution in [3.8, 4) is 11.8 Å². The molecule has 3 aromatic rings. The van der Waals surface area contributed by atoms with Gasteiger partial charge in [-0.15, -0.1) is 0 Å². The van der Waals surface area contributed by atoms with Crippen LogP contribution in [0, 0.1) is 18.8 Å². The predicted molar refractivity (Wildman–Crippen MR) is 114 cm³/mol. The van der Waals surface area contributed by atoms with Gasteiger partial charge >= 0.3 is 0 Å². The topological polar surface area (TPSA) is 46.9 Å². The Bertz CT molecular complexity index is 1030. The SMILES string of the molecule is CCCCn1nc(C)c(C(=O)Nc2cccc(C#Cc3ccccc3)c2)c1Cl. The molecule has 1 N–H and O–H groups in total. The molecule has 142 valence electrons. The fraction of sp³-hybridized carbons (Fsp3) is 0.217. The van der Waals surface area contributed by atoms with E-state index in [4.69, 9.17) is 11.6 Å². The maximum absolute atomic E-state index is 12.7. The quantitative estimate of drug-likeness (QED) is 0.600. The zero-order chi connectivity index (χ0) is 19.9. The van der Waals surface area contributed by atoms with Crippen molar-refractivity contribution in [2.24, 2.45) is 0 Å². The van der Waals surface area contributed by atoms with E-state index in [1.54, 1.807) is 11.6 Å². The van der Waals surface area contributed by atoms with Gasteiger partial charge < -0.3 is 5.32 Å². The van der Waals surface area contributed by atoms with E-state index in [-0.39, 0.29) is 5.91 Å². The Morgan fingerprint density at radius 1 is 1.11 bits per heavy atom. The van der Waals surface area contributed by atoms with E-state index in [2.05, 4.69) is 29.2 Å². The summed E-state index contributed by atoms with van der Waals surface area (Å²) in [5.74, 6) is 5.97. The van der Waals surface area contributed by atoms with Crippen LogP contribution in [-0.4, -0.2) is 15.7 Å². The van der Waals surface area contributed by atoms with Gasteiger partial charge in [-0.3, -0.25) is 9.48 Å². The van der Waals surface area contributed by atoms with Crippen LogP contribution in [0.3, 0.4) is 0 Å². The number of halogens is 1. The molecule has 28 heavy (non-hydrogen) atoms. The lowest BCUT2D eigenvalue weighted by atomic mass is 10.1. The molecule has 0 bridgehead atoms. The largest absolute Gasteiger partial charge is 0.322 e. The standard InChI is InChI=1S/C23H22ClN3O/c1-3-4-15-27-22(24)21(17(2)26-27)23(28)25-20-12-8-11-19(16-20)14-13-18-9-6-5-7-10-18/h5-12,16H,3-4,15H2,1-2H3,(H,25,28). The van der Waals surface area contributed by atoms with Crippen molar-refractivity contribution in [2.45, 2.75) is 33.2 Å². The van der Waals surface area contributed by atoms with Crippen molar-refractivity contribution in [2.75, 3.05) is 5.32 Å². The molecule has 0 aliphatic carbocycles. The molecule has 1 aromatic heterocycles. The van der Waals surface area contributed by atoms with E-state index in [1.807, 2.05) is 54.6 Å². The highest BCUT2D eigenvalue weighted by Crippen LogP contribution is 2.22. The molecule has 0 spiro atoms. The van der Waals surface area contributed by atoms with Crippen LogP contribution in [0.25, 0.3) is 0 Å². The number of nitrogens with one attached hydrogen (secondary N) is 1. The summed E-state index contributed by atoms with van der Waals surface area (Å²) in [5.41, 5.74) is 3.47. The van der Waals surface area contributed by atoms with Gasteiger partial charge in [0.15, 0.2) is 0 Å². The second kappa shape index (κ2) is 9.25. The van der Waals surface area contributed by atoms with E-state index < -0.39 is 0 Å². The summed E-state index contributed by atoms with van der Waals surface area (Å²) >= 11 is 6.39. The number of aromatic nitrogens is 2. The minimum absolute atomic E-state index is 0.265. The number of rotatable bonds is 5. The molecule has 0 aliphatic heterocycles. The molecule has 5 heteroatoms. The Labute approximate surface area is 170 Å². The average molecular weight is 392 g/mol. The number of hydrogen-bond acceptors (Lipinski definition) is 2. The van der Waals surface area contributed by atoms with E-state index in [9.17, 15) is 4.79 Å². The van der Waals surface area contributed by atoms with E-state index in [0.717, 1.165) is 24.0 Å². The molecule has 4 nitrogen and oxygen atoms in total. The summed E-state index contributed by atoms with van der Waals surface area (Å²) in [6.07, 6.45) is 2.00.